The van der Waals surface area contributed by atoms with Crippen LogP contribution in [-0.2, 0) is 0 Å². The van der Waals surface area contributed by atoms with Crippen LogP contribution in [-0.4, -0.2) is 0 Å². The van der Waals surface area contributed by atoms with E-state index >= 15 is 0 Å². The average molecular weight is 164 g/mol. The van der Waals surface area contributed by atoms with Crippen molar-refractivity contribution in [1.82, 2.24) is 0 Å². The molecule has 0 aromatic heterocycles. The minimum Gasteiger partial charge on any atom is -0.0530 e. The standard InChI is InChI=1S/C12H20/c1-2-4-12-8-10-5-9(6-10)7-11(12)3-1/h9-12H,1-8H2. The van der Waals surface area contributed by atoms with Crippen molar-refractivity contribution in [2.24, 2.45) is 23.7 Å². The molecule has 0 aromatic rings. The lowest BCUT2D eigenvalue weighted by Gasteiger charge is -2.32. The van der Waals surface area contributed by atoms with Crippen molar-refractivity contribution in [3.05, 3.63) is 0 Å². The Morgan fingerprint density at radius 1 is 0.583 bits per heavy atom. The van der Waals surface area contributed by atoms with Crippen LogP contribution in [0.15, 0.2) is 0 Å². The molecule has 0 aromatic carbocycles. The van der Waals surface area contributed by atoms with Gasteiger partial charge in [0, 0.05) is 0 Å². The molecule has 0 heterocycles. The Labute approximate surface area is 75.7 Å². The zero-order chi connectivity index (χ0) is 7.97. The van der Waals surface area contributed by atoms with Gasteiger partial charge in [0.15, 0.2) is 0 Å². The quantitative estimate of drug-likeness (QED) is 0.513. The summed E-state index contributed by atoms with van der Waals surface area (Å²) in [5.74, 6) is 4.67. The van der Waals surface area contributed by atoms with E-state index in [1.807, 2.05) is 0 Å². The first-order valence-corrected chi connectivity index (χ1v) is 5.92. The second kappa shape index (κ2) is 2.75. The van der Waals surface area contributed by atoms with Crippen LogP contribution in [0.5, 0.6) is 0 Å². The Morgan fingerprint density at radius 3 is 1.58 bits per heavy atom. The molecule has 0 nitrogen and oxygen atoms in total. The first kappa shape index (κ1) is 7.41. The zero-order valence-electron chi connectivity index (χ0n) is 7.97. The fourth-order valence-corrected chi connectivity index (χ4v) is 4.02. The molecule has 12 heavy (non-hydrogen) atoms. The van der Waals surface area contributed by atoms with E-state index < -0.39 is 0 Å². The molecule has 0 amide bonds. The molecule has 68 valence electrons. The van der Waals surface area contributed by atoms with Gasteiger partial charge < -0.3 is 0 Å². The molecular weight excluding hydrogens is 144 g/mol. The van der Waals surface area contributed by atoms with E-state index in [0.717, 1.165) is 11.8 Å². The van der Waals surface area contributed by atoms with Crippen LogP contribution in [0.3, 0.4) is 0 Å². The Kier molecular flexibility index (Phi) is 1.70. The Balaban J connectivity index is 1.74. The Hall–Kier alpha value is 0. The summed E-state index contributed by atoms with van der Waals surface area (Å²) in [7, 11) is 0. The van der Waals surface area contributed by atoms with Gasteiger partial charge in [-0.25, -0.2) is 0 Å². The highest BCUT2D eigenvalue weighted by atomic mass is 14.5. The van der Waals surface area contributed by atoms with Crippen LogP contribution < -0.4 is 0 Å². The van der Waals surface area contributed by atoms with Crippen LogP contribution in [0, 0.1) is 23.7 Å². The molecule has 2 unspecified atom stereocenters. The molecule has 4 saturated carbocycles. The van der Waals surface area contributed by atoms with Gasteiger partial charge in [0.2, 0.25) is 0 Å². The third-order valence-electron chi connectivity index (χ3n) is 4.67. The number of rotatable bonds is 0. The molecular formula is C12H20. The molecule has 4 fully saturated rings. The van der Waals surface area contributed by atoms with Crippen LogP contribution in [0.4, 0.5) is 0 Å². The summed E-state index contributed by atoms with van der Waals surface area (Å²) in [6.07, 6.45) is 12.7. The molecule has 4 aliphatic rings. The SMILES string of the molecule is C1CCC2CC3CC(C3)CC2C1. The van der Waals surface area contributed by atoms with Gasteiger partial charge in [-0.3, -0.25) is 0 Å². The summed E-state index contributed by atoms with van der Waals surface area (Å²) < 4.78 is 0. The highest BCUT2D eigenvalue weighted by Gasteiger charge is 2.40. The van der Waals surface area contributed by atoms with E-state index in [1.54, 1.807) is 51.4 Å². The predicted octanol–water partition coefficient (Wildman–Crippen LogP) is 3.61. The first-order valence-electron chi connectivity index (χ1n) is 5.92. The van der Waals surface area contributed by atoms with Crippen molar-refractivity contribution in [2.75, 3.05) is 0 Å². The highest BCUT2D eigenvalue weighted by molar-refractivity contribution is 4.91. The van der Waals surface area contributed by atoms with E-state index in [0.29, 0.717) is 0 Å². The molecule has 0 spiro atoms. The lowest BCUT2D eigenvalue weighted by Crippen LogP contribution is -2.20. The number of hydrogen-bond acceptors (Lipinski definition) is 0. The van der Waals surface area contributed by atoms with Crippen molar-refractivity contribution in [3.8, 4) is 0 Å². The smallest absolute Gasteiger partial charge is 0.0383 e. The van der Waals surface area contributed by atoms with Gasteiger partial charge in [-0.05, 0) is 49.4 Å². The highest BCUT2D eigenvalue weighted by Crippen LogP contribution is 2.51. The fraction of sp³-hybridized carbons (Fsp3) is 1.00. The maximum absolute atomic E-state index is 1.61. The molecule has 2 bridgehead atoms. The molecule has 4 aliphatic carbocycles. The molecule has 4 rings (SSSR count). The molecule has 0 saturated heterocycles. The fourth-order valence-electron chi connectivity index (χ4n) is 4.02. The maximum atomic E-state index is 1.61. The van der Waals surface area contributed by atoms with Gasteiger partial charge in [-0.2, -0.15) is 0 Å². The minimum atomic E-state index is 1.16. The third kappa shape index (κ3) is 1.11. The molecule has 0 radical (unpaired) electrons. The topological polar surface area (TPSA) is 0 Å². The molecule has 2 atom stereocenters. The first-order chi connectivity index (χ1) is 5.92. The van der Waals surface area contributed by atoms with E-state index in [9.17, 15) is 0 Å². The van der Waals surface area contributed by atoms with Crippen molar-refractivity contribution in [2.45, 2.75) is 51.4 Å². The van der Waals surface area contributed by atoms with Gasteiger partial charge in [0.1, 0.15) is 0 Å². The van der Waals surface area contributed by atoms with Gasteiger partial charge >= 0.3 is 0 Å². The van der Waals surface area contributed by atoms with Crippen LogP contribution in [0.2, 0.25) is 0 Å². The normalized spacial score (nSPS) is 52.0. The summed E-state index contributed by atoms with van der Waals surface area (Å²) in [4.78, 5) is 0. The van der Waals surface area contributed by atoms with Gasteiger partial charge in [0.25, 0.3) is 0 Å². The van der Waals surface area contributed by atoms with Gasteiger partial charge in [-0.1, -0.05) is 25.7 Å². The summed E-state index contributed by atoms with van der Waals surface area (Å²) in [5.41, 5.74) is 0. The third-order valence-corrected chi connectivity index (χ3v) is 4.67. The summed E-state index contributed by atoms with van der Waals surface area (Å²) in [5, 5.41) is 0. The lowest BCUT2D eigenvalue weighted by atomic mass is 9.73. The molecule has 0 N–H and O–H groups in total. The van der Waals surface area contributed by atoms with E-state index in [1.165, 1.54) is 11.8 Å². The summed E-state index contributed by atoms with van der Waals surface area (Å²) in [6, 6.07) is 0. The van der Waals surface area contributed by atoms with Gasteiger partial charge in [-0.15, -0.1) is 0 Å². The number of hydrogen-bond donors (Lipinski definition) is 0. The molecule has 0 heteroatoms. The van der Waals surface area contributed by atoms with Gasteiger partial charge in [0.05, 0.1) is 0 Å². The maximum Gasteiger partial charge on any atom is -0.0383 e. The van der Waals surface area contributed by atoms with E-state index in [2.05, 4.69) is 0 Å². The summed E-state index contributed by atoms with van der Waals surface area (Å²) >= 11 is 0. The second-order valence-corrected chi connectivity index (χ2v) is 5.48. The van der Waals surface area contributed by atoms with Crippen LogP contribution in [0.25, 0.3) is 0 Å². The Morgan fingerprint density at radius 2 is 1.08 bits per heavy atom. The Bertz CT molecular complexity index is 149. The summed E-state index contributed by atoms with van der Waals surface area (Å²) in [6.45, 7) is 0. The monoisotopic (exact) mass is 164 g/mol. The zero-order valence-corrected chi connectivity index (χ0v) is 7.97. The largest absolute Gasteiger partial charge is 0.0530 e. The van der Waals surface area contributed by atoms with E-state index in [-0.39, 0.29) is 0 Å². The van der Waals surface area contributed by atoms with Crippen molar-refractivity contribution >= 4 is 0 Å². The average Bonchev–Trinajstić information content (AvgIpc) is 2.29. The predicted molar refractivity (Wildman–Crippen MR) is 50.9 cm³/mol. The molecule has 0 aliphatic heterocycles. The lowest BCUT2D eigenvalue weighted by molar-refractivity contribution is 0.192. The second-order valence-electron chi connectivity index (χ2n) is 5.48. The van der Waals surface area contributed by atoms with Crippen molar-refractivity contribution < 1.29 is 0 Å². The van der Waals surface area contributed by atoms with E-state index in [4.69, 9.17) is 0 Å². The van der Waals surface area contributed by atoms with Crippen molar-refractivity contribution in [1.29, 1.82) is 0 Å². The van der Waals surface area contributed by atoms with Crippen LogP contribution in [0.1, 0.15) is 51.4 Å². The van der Waals surface area contributed by atoms with Crippen molar-refractivity contribution in [3.63, 3.8) is 0 Å². The minimum absolute atomic E-state index is 1.16. The van der Waals surface area contributed by atoms with Crippen LogP contribution >= 0.6 is 0 Å².